The highest BCUT2D eigenvalue weighted by Gasteiger charge is 2.28. The molecule has 1 nitrogen and oxygen atoms in total. The van der Waals surface area contributed by atoms with Crippen molar-refractivity contribution in [2.24, 2.45) is 5.92 Å². The summed E-state index contributed by atoms with van der Waals surface area (Å²) in [7, 11) is 0. The van der Waals surface area contributed by atoms with E-state index in [1.54, 1.807) is 0 Å². The molecule has 0 aromatic heterocycles. The van der Waals surface area contributed by atoms with E-state index in [1.807, 2.05) is 6.92 Å². The first kappa shape index (κ1) is 8.33. The number of carbonyl (C=O) groups excluding carboxylic acids is 1. The predicted molar refractivity (Wildman–Crippen MR) is 45.0 cm³/mol. The maximum atomic E-state index is 11.1. The van der Waals surface area contributed by atoms with Crippen LogP contribution >= 0.6 is 0 Å². The van der Waals surface area contributed by atoms with Crippen molar-refractivity contribution in [3.05, 3.63) is 0 Å². The van der Waals surface area contributed by atoms with Gasteiger partial charge < -0.3 is 0 Å². The number of carbonyl (C=O) groups is 1. The molecule has 0 aliphatic heterocycles. The molecule has 0 heterocycles. The lowest BCUT2D eigenvalue weighted by molar-refractivity contribution is -0.120. The lowest BCUT2D eigenvalue weighted by atomic mass is 10.1. The zero-order chi connectivity index (χ0) is 8.10. The quantitative estimate of drug-likeness (QED) is 0.563. The van der Waals surface area contributed by atoms with Gasteiger partial charge in [-0.05, 0) is 12.8 Å². The SMILES string of the molecule is CCC#CCCC(=O)C1CC1. The molecule has 60 valence electrons. The summed E-state index contributed by atoms with van der Waals surface area (Å²) in [5.74, 6) is 6.78. The molecule has 0 saturated heterocycles. The first-order valence-corrected chi connectivity index (χ1v) is 4.33. The summed E-state index contributed by atoms with van der Waals surface area (Å²) in [4.78, 5) is 11.1. The molecule has 1 aliphatic rings. The third kappa shape index (κ3) is 3.23. The average Bonchev–Trinajstić information content (AvgIpc) is 2.79. The van der Waals surface area contributed by atoms with Crippen LogP contribution < -0.4 is 0 Å². The van der Waals surface area contributed by atoms with Crippen molar-refractivity contribution in [1.82, 2.24) is 0 Å². The van der Waals surface area contributed by atoms with E-state index in [9.17, 15) is 4.79 Å². The molecule has 0 spiro atoms. The Bertz CT molecular complexity index is 191. The fourth-order valence-corrected chi connectivity index (χ4v) is 1.01. The maximum Gasteiger partial charge on any atom is 0.136 e. The number of hydrogen-bond acceptors (Lipinski definition) is 1. The topological polar surface area (TPSA) is 17.1 Å². The first-order chi connectivity index (χ1) is 5.34. The molecule has 1 rings (SSSR count). The number of rotatable bonds is 3. The third-order valence-electron chi connectivity index (χ3n) is 1.83. The highest BCUT2D eigenvalue weighted by molar-refractivity contribution is 5.83. The summed E-state index contributed by atoms with van der Waals surface area (Å²) in [6, 6.07) is 0. The van der Waals surface area contributed by atoms with E-state index < -0.39 is 0 Å². The van der Waals surface area contributed by atoms with Crippen LogP contribution in [0.2, 0.25) is 0 Å². The Morgan fingerprint density at radius 3 is 2.73 bits per heavy atom. The van der Waals surface area contributed by atoms with Crippen LogP contribution in [0.4, 0.5) is 0 Å². The Balaban J connectivity index is 2.06. The summed E-state index contributed by atoms with van der Waals surface area (Å²) in [5.41, 5.74) is 0. The normalized spacial score (nSPS) is 15.4. The highest BCUT2D eigenvalue weighted by Crippen LogP contribution is 2.30. The Morgan fingerprint density at radius 2 is 2.18 bits per heavy atom. The van der Waals surface area contributed by atoms with Crippen molar-refractivity contribution in [2.45, 2.75) is 39.0 Å². The number of hydrogen-bond donors (Lipinski definition) is 0. The molecule has 1 fully saturated rings. The summed E-state index contributed by atoms with van der Waals surface area (Å²) < 4.78 is 0. The van der Waals surface area contributed by atoms with Crippen LogP contribution in [0.25, 0.3) is 0 Å². The molecule has 11 heavy (non-hydrogen) atoms. The summed E-state index contributed by atoms with van der Waals surface area (Å²) in [6.45, 7) is 2.02. The monoisotopic (exact) mass is 150 g/mol. The second-order valence-electron chi connectivity index (χ2n) is 2.95. The summed E-state index contributed by atoms with van der Waals surface area (Å²) in [5, 5.41) is 0. The van der Waals surface area contributed by atoms with Gasteiger partial charge in [0, 0.05) is 25.2 Å². The van der Waals surface area contributed by atoms with E-state index in [1.165, 1.54) is 0 Å². The smallest absolute Gasteiger partial charge is 0.136 e. The molecule has 1 aliphatic carbocycles. The van der Waals surface area contributed by atoms with Crippen molar-refractivity contribution in [3.63, 3.8) is 0 Å². The van der Waals surface area contributed by atoms with E-state index in [4.69, 9.17) is 0 Å². The van der Waals surface area contributed by atoms with Crippen molar-refractivity contribution in [1.29, 1.82) is 0 Å². The highest BCUT2D eigenvalue weighted by atomic mass is 16.1. The second kappa shape index (κ2) is 4.18. The van der Waals surface area contributed by atoms with Crippen molar-refractivity contribution in [3.8, 4) is 11.8 Å². The van der Waals surface area contributed by atoms with Gasteiger partial charge in [-0.3, -0.25) is 4.79 Å². The van der Waals surface area contributed by atoms with Gasteiger partial charge in [0.05, 0.1) is 0 Å². The molecular weight excluding hydrogens is 136 g/mol. The minimum atomic E-state index is 0.415. The Morgan fingerprint density at radius 1 is 1.45 bits per heavy atom. The lowest BCUT2D eigenvalue weighted by Gasteiger charge is -1.90. The molecule has 0 aromatic rings. The van der Waals surface area contributed by atoms with Crippen LogP contribution in [-0.4, -0.2) is 5.78 Å². The summed E-state index contributed by atoms with van der Waals surface area (Å²) in [6.07, 6.45) is 4.60. The lowest BCUT2D eigenvalue weighted by Crippen LogP contribution is -1.98. The Labute approximate surface area is 68.2 Å². The van der Waals surface area contributed by atoms with Gasteiger partial charge in [0.25, 0.3) is 0 Å². The maximum absolute atomic E-state index is 11.1. The largest absolute Gasteiger partial charge is 0.299 e. The molecule has 1 saturated carbocycles. The van der Waals surface area contributed by atoms with Crippen LogP contribution in [0.1, 0.15) is 39.0 Å². The van der Waals surface area contributed by atoms with Gasteiger partial charge in [-0.1, -0.05) is 6.92 Å². The molecule has 1 heteroatoms. The molecule has 0 unspecified atom stereocenters. The minimum absolute atomic E-state index is 0.415. The van der Waals surface area contributed by atoms with Gasteiger partial charge in [0.15, 0.2) is 0 Å². The van der Waals surface area contributed by atoms with E-state index >= 15 is 0 Å². The van der Waals surface area contributed by atoms with Crippen LogP contribution in [0, 0.1) is 17.8 Å². The zero-order valence-electron chi connectivity index (χ0n) is 7.02. The Kier molecular flexibility index (Phi) is 3.16. The van der Waals surface area contributed by atoms with Crippen LogP contribution in [0.5, 0.6) is 0 Å². The zero-order valence-corrected chi connectivity index (χ0v) is 7.02. The predicted octanol–water partition coefficient (Wildman–Crippen LogP) is 2.16. The van der Waals surface area contributed by atoms with E-state index in [2.05, 4.69) is 11.8 Å². The fraction of sp³-hybridized carbons (Fsp3) is 0.700. The van der Waals surface area contributed by atoms with E-state index in [0.717, 1.165) is 25.7 Å². The van der Waals surface area contributed by atoms with Crippen molar-refractivity contribution < 1.29 is 4.79 Å². The molecule has 0 N–H and O–H groups in total. The van der Waals surface area contributed by atoms with Gasteiger partial charge in [0.2, 0.25) is 0 Å². The van der Waals surface area contributed by atoms with Crippen molar-refractivity contribution in [2.75, 3.05) is 0 Å². The van der Waals surface area contributed by atoms with Crippen LogP contribution in [-0.2, 0) is 4.79 Å². The fourth-order valence-electron chi connectivity index (χ4n) is 1.01. The second-order valence-corrected chi connectivity index (χ2v) is 2.95. The molecule has 0 atom stereocenters. The Hall–Kier alpha value is -0.770. The molecule has 0 amide bonds. The molecule has 0 radical (unpaired) electrons. The van der Waals surface area contributed by atoms with Gasteiger partial charge in [0.1, 0.15) is 5.78 Å². The van der Waals surface area contributed by atoms with E-state index in [-0.39, 0.29) is 0 Å². The van der Waals surface area contributed by atoms with E-state index in [0.29, 0.717) is 18.1 Å². The van der Waals surface area contributed by atoms with Gasteiger partial charge in [-0.2, -0.15) is 0 Å². The van der Waals surface area contributed by atoms with Gasteiger partial charge in [-0.15, -0.1) is 11.8 Å². The van der Waals surface area contributed by atoms with Crippen LogP contribution in [0.15, 0.2) is 0 Å². The first-order valence-electron chi connectivity index (χ1n) is 4.33. The molecule has 0 bridgehead atoms. The average molecular weight is 150 g/mol. The molecule has 0 aromatic carbocycles. The number of Topliss-reactive ketones (excluding diaryl/α,β-unsaturated/α-hetero) is 1. The minimum Gasteiger partial charge on any atom is -0.299 e. The van der Waals surface area contributed by atoms with Crippen LogP contribution in [0.3, 0.4) is 0 Å². The third-order valence-corrected chi connectivity index (χ3v) is 1.83. The number of ketones is 1. The summed E-state index contributed by atoms with van der Waals surface area (Å²) >= 11 is 0. The van der Waals surface area contributed by atoms with Gasteiger partial charge in [-0.25, -0.2) is 0 Å². The standard InChI is InChI=1S/C10H14O/c1-2-3-4-5-6-10(11)9-7-8-9/h9H,2,5-8H2,1H3. The van der Waals surface area contributed by atoms with Gasteiger partial charge >= 0.3 is 0 Å². The van der Waals surface area contributed by atoms with Crippen molar-refractivity contribution >= 4 is 5.78 Å². The molecular formula is C10H14O.